The number of hydrogen-bond donors (Lipinski definition) is 2. The summed E-state index contributed by atoms with van der Waals surface area (Å²) in [4.78, 5) is 29.6. The number of carbonyl (C=O) groups excluding carboxylic acids is 2. The molecule has 2 fully saturated rings. The number of methoxy groups -OCH3 is 1. The Kier molecular flexibility index (Phi) is 5.98. The van der Waals surface area contributed by atoms with Gasteiger partial charge in [0.25, 0.3) is 5.91 Å². The topological polar surface area (TPSA) is 80.3 Å². The highest BCUT2D eigenvalue weighted by Gasteiger charge is 2.33. The zero-order valence-corrected chi connectivity index (χ0v) is 15.4. The first-order valence-corrected chi connectivity index (χ1v) is 9.40. The van der Waals surface area contributed by atoms with Gasteiger partial charge in [-0.1, -0.05) is 12.1 Å². The molecule has 0 spiro atoms. The van der Waals surface area contributed by atoms with E-state index in [0.717, 1.165) is 50.5 Å². The van der Waals surface area contributed by atoms with Crippen LogP contribution >= 0.6 is 0 Å². The molecular weight excluding hydrogens is 332 g/mol. The molecule has 1 aromatic carbocycles. The van der Waals surface area contributed by atoms with Crippen LogP contribution in [0.3, 0.4) is 0 Å². The lowest BCUT2D eigenvalue weighted by Crippen LogP contribution is -3.16. The molecule has 1 atom stereocenters. The molecule has 3 rings (SSSR count). The molecule has 7 heteroatoms. The summed E-state index contributed by atoms with van der Waals surface area (Å²) in [5, 5.41) is 0. The predicted molar refractivity (Wildman–Crippen MR) is 99.3 cm³/mol. The Labute approximate surface area is 154 Å². The summed E-state index contributed by atoms with van der Waals surface area (Å²) < 4.78 is 5.45. The number of primary amides is 1. The minimum atomic E-state index is -0.425. The number of anilines is 1. The van der Waals surface area contributed by atoms with Gasteiger partial charge >= 0.3 is 0 Å². The Morgan fingerprint density at radius 1 is 1.19 bits per heavy atom. The van der Waals surface area contributed by atoms with Gasteiger partial charge in [0.15, 0.2) is 6.54 Å². The molecule has 2 saturated heterocycles. The highest BCUT2D eigenvalue weighted by atomic mass is 16.5. The van der Waals surface area contributed by atoms with Crippen LogP contribution in [0.25, 0.3) is 0 Å². The van der Waals surface area contributed by atoms with Crippen LogP contribution in [-0.4, -0.2) is 69.1 Å². The van der Waals surface area contributed by atoms with E-state index in [4.69, 9.17) is 10.5 Å². The molecule has 0 bridgehead atoms. The van der Waals surface area contributed by atoms with E-state index in [0.29, 0.717) is 19.5 Å². The van der Waals surface area contributed by atoms with Crippen molar-refractivity contribution in [2.75, 3.05) is 51.3 Å². The molecule has 2 heterocycles. The summed E-state index contributed by atoms with van der Waals surface area (Å²) in [5.74, 6) is 0.549. The summed E-state index contributed by atoms with van der Waals surface area (Å²) >= 11 is 0. The number of piperidine rings is 1. The molecule has 0 aromatic heterocycles. The maximum atomic E-state index is 12.7. The molecule has 26 heavy (non-hydrogen) atoms. The summed E-state index contributed by atoms with van der Waals surface area (Å²) in [5.41, 5.74) is 6.58. The van der Waals surface area contributed by atoms with Crippen molar-refractivity contribution in [3.8, 4) is 5.75 Å². The Morgan fingerprint density at radius 2 is 1.92 bits per heavy atom. The summed E-state index contributed by atoms with van der Waals surface area (Å²) in [7, 11) is 1.69. The number of ether oxygens (including phenoxy) is 1. The number of nitrogens with two attached hydrogens (primary N) is 1. The Hall–Kier alpha value is -2.28. The van der Waals surface area contributed by atoms with E-state index in [1.807, 2.05) is 18.2 Å². The second-order valence-electron chi connectivity index (χ2n) is 7.09. The van der Waals surface area contributed by atoms with Crippen LogP contribution in [0.15, 0.2) is 24.3 Å². The molecule has 0 aliphatic carbocycles. The minimum Gasteiger partial charge on any atom is -0.495 e. The fourth-order valence-electron chi connectivity index (χ4n) is 3.97. The molecule has 3 N–H and O–H groups in total. The van der Waals surface area contributed by atoms with Gasteiger partial charge in [-0.2, -0.15) is 0 Å². The maximum absolute atomic E-state index is 12.7. The van der Waals surface area contributed by atoms with Crippen LogP contribution in [0.2, 0.25) is 0 Å². The number of likely N-dealkylation sites (tertiary alicyclic amines) is 1. The third-order valence-corrected chi connectivity index (χ3v) is 5.45. The van der Waals surface area contributed by atoms with Crippen LogP contribution in [-0.2, 0) is 9.59 Å². The van der Waals surface area contributed by atoms with E-state index >= 15 is 0 Å². The van der Waals surface area contributed by atoms with E-state index in [9.17, 15) is 9.59 Å². The van der Waals surface area contributed by atoms with E-state index < -0.39 is 6.04 Å². The molecule has 0 radical (unpaired) electrons. The maximum Gasteiger partial charge on any atom is 0.278 e. The van der Waals surface area contributed by atoms with E-state index in [1.165, 1.54) is 4.90 Å². The van der Waals surface area contributed by atoms with Gasteiger partial charge in [-0.05, 0) is 31.4 Å². The molecule has 142 valence electrons. The van der Waals surface area contributed by atoms with E-state index in [2.05, 4.69) is 11.0 Å². The summed E-state index contributed by atoms with van der Waals surface area (Å²) in [6.45, 7) is 4.61. The van der Waals surface area contributed by atoms with Crippen molar-refractivity contribution in [3.05, 3.63) is 24.3 Å². The van der Waals surface area contributed by atoms with Gasteiger partial charge in [0.05, 0.1) is 39.0 Å². The number of rotatable bonds is 5. The van der Waals surface area contributed by atoms with Crippen LogP contribution in [0, 0.1) is 0 Å². The number of para-hydroxylation sites is 2. The summed E-state index contributed by atoms with van der Waals surface area (Å²) in [6.07, 6.45) is 2.60. The predicted octanol–water partition coefficient (Wildman–Crippen LogP) is -0.733. The largest absolute Gasteiger partial charge is 0.495 e. The highest BCUT2D eigenvalue weighted by Crippen LogP contribution is 2.27. The van der Waals surface area contributed by atoms with Gasteiger partial charge in [0.1, 0.15) is 11.8 Å². The Balaban J connectivity index is 1.55. The van der Waals surface area contributed by atoms with Crippen molar-refractivity contribution in [2.45, 2.75) is 25.3 Å². The summed E-state index contributed by atoms with van der Waals surface area (Å²) in [6, 6.07) is 7.60. The molecule has 2 amide bonds. The molecule has 2 aliphatic rings. The number of quaternary nitrogens is 1. The van der Waals surface area contributed by atoms with Crippen LogP contribution < -0.4 is 20.3 Å². The smallest absolute Gasteiger partial charge is 0.278 e. The number of carbonyl (C=O) groups is 2. The molecule has 0 saturated carbocycles. The SMILES string of the molecule is COc1ccccc1N1CC[NH+](CC(=O)N2CCCC[C@H]2C(N)=O)CC1. The van der Waals surface area contributed by atoms with Crippen molar-refractivity contribution in [1.29, 1.82) is 0 Å². The lowest BCUT2D eigenvalue weighted by Gasteiger charge is -2.37. The molecule has 0 unspecified atom stereocenters. The van der Waals surface area contributed by atoms with Gasteiger partial charge < -0.3 is 25.2 Å². The quantitative estimate of drug-likeness (QED) is 0.724. The van der Waals surface area contributed by atoms with Crippen molar-refractivity contribution in [2.24, 2.45) is 5.73 Å². The molecule has 7 nitrogen and oxygen atoms in total. The van der Waals surface area contributed by atoms with Gasteiger partial charge in [0.2, 0.25) is 5.91 Å². The highest BCUT2D eigenvalue weighted by molar-refractivity contribution is 5.87. The van der Waals surface area contributed by atoms with Gasteiger partial charge in [-0.3, -0.25) is 9.59 Å². The third-order valence-electron chi connectivity index (χ3n) is 5.45. The second-order valence-corrected chi connectivity index (χ2v) is 7.09. The van der Waals surface area contributed by atoms with E-state index in [1.54, 1.807) is 12.0 Å². The fraction of sp³-hybridized carbons (Fsp3) is 0.579. The van der Waals surface area contributed by atoms with E-state index in [-0.39, 0.29) is 11.8 Å². The lowest BCUT2D eigenvalue weighted by molar-refractivity contribution is -0.892. The zero-order chi connectivity index (χ0) is 18.5. The fourth-order valence-corrected chi connectivity index (χ4v) is 3.97. The number of nitrogens with zero attached hydrogens (tertiary/aromatic N) is 2. The van der Waals surface area contributed by atoms with Gasteiger partial charge in [0, 0.05) is 6.54 Å². The van der Waals surface area contributed by atoms with Gasteiger partial charge in [-0.15, -0.1) is 0 Å². The van der Waals surface area contributed by atoms with Crippen LogP contribution in [0.1, 0.15) is 19.3 Å². The lowest BCUT2D eigenvalue weighted by atomic mass is 10.0. The average molecular weight is 361 g/mol. The molecular formula is C19H29N4O3+. The molecule has 1 aromatic rings. The number of nitrogens with one attached hydrogen (secondary N) is 1. The van der Waals surface area contributed by atoms with Crippen LogP contribution in [0.4, 0.5) is 5.69 Å². The first-order chi connectivity index (χ1) is 12.6. The van der Waals surface area contributed by atoms with Gasteiger partial charge in [-0.25, -0.2) is 0 Å². The molecule has 2 aliphatic heterocycles. The van der Waals surface area contributed by atoms with Crippen molar-refractivity contribution in [3.63, 3.8) is 0 Å². The Bertz CT molecular complexity index is 643. The monoisotopic (exact) mass is 361 g/mol. The number of hydrogen-bond acceptors (Lipinski definition) is 4. The minimum absolute atomic E-state index is 0.0502. The van der Waals surface area contributed by atoms with Crippen molar-refractivity contribution < 1.29 is 19.2 Å². The van der Waals surface area contributed by atoms with Crippen LogP contribution in [0.5, 0.6) is 5.75 Å². The Morgan fingerprint density at radius 3 is 2.62 bits per heavy atom. The van der Waals surface area contributed by atoms with Crippen molar-refractivity contribution >= 4 is 17.5 Å². The standard InChI is InChI=1S/C19H28N4O3/c1-26-17-8-3-2-6-15(17)22-12-10-21(11-13-22)14-18(24)23-9-5-4-7-16(23)19(20)25/h2-3,6,8,16H,4-5,7,9-14H2,1H3,(H2,20,25)/p+1/t16-/m0/s1. The first kappa shape index (κ1) is 18.5. The average Bonchev–Trinajstić information content (AvgIpc) is 2.68. The third kappa shape index (κ3) is 4.09. The number of amides is 2. The zero-order valence-electron chi connectivity index (χ0n) is 15.4. The van der Waals surface area contributed by atoms with Crippen molar-refractivity contribution in [1.82, 2.24) is 4.90 Å². The normalized spacial score (nSPS) is 21.5. The first-order valence-electron chi connectivity index (χ1n) is 9.40. The number of benzene rings is 1. The number of piperazine rings is 1. The second kappa shape index (κ2) is 8.40.